The molecule has 0 bridgehead atoms. The Morgan fingerprint density at radius 2 is 1.78 bits per heavy atom. The summed E-state index contributed by atoms with van der Waals surface area (Å²) < 4.78 is 4.90. The molecule has 0 fully saturated rings. The van der Waals surface area contributed by atoms with Crippen LogP contribution in [0.3, 0.4) is 0 Å². The standard InChI is InChI=1S/C20H22N4O3/c1-27-9-8-23-20(26)16-10-15(11-21-12-16)19(25)22-7-6-14-13-24-18-5-3-2-4-17(14)18/h2-5,10-13,24H,6-9H2,1H3,(H,22,25)(H,23,26). The molecule has 3 aromatic rings. The van der Waals surface area contributed by atoms with Crippen molar-refractivity contribution in [3.8, 4) is 0 Å². The Balaban J connectivity index is 1.56. The van der Waals surface area contributed by atoms with Crippen LogP contribution in [-0.4, -0.2) is 48.6 Å². The van der Waals surface area contributed by atoms with E-state index >= 15 is 0 Å². The minimum absolute atomic E-state index is 0.256. The van der Waals surface area contributed by atoms with E-state index < -0.39 is 0 Å². The molecule has 0 unspecified atom stereocenters. The molecule has 2 aromatic heterocycles. The number of aromatic nitrogens is 2. The van der Waals surface area contributed by atoms with Crippen LogP contribution in [0.5, 0.6) is 0 Å². The molecule has 1 aromatic carbocycles. The highest BCUT2D eigenvalue weighted by Gasteiger charge is 2.11. The van der Waals surface area contributed by atoms with Crippen molar-refractivity contribution in [3.05, 3.63) is 65.6 Å². The molecule has 0 saturated carbocycles. The lowest BCUT2D eigenvalue weighted by Crippen LogP contribution is -2.28. The predicted octanol–water partition coefficient (Wildman–Crippen LogP) is 1.91. The van der Waals surface area contributed by atoms with Gasteiger partial charge < -0.3 is 20.4 Å². The minimum atomic E-state index is -0.284. The van der Waals surface area contributed by atoms with E-state index in [1.807, 2.05) is 24.4 Å². The predicted molar refractivity (Wildman–Crippen MR) is 103 cm³/mol. The molecule has 0 saturated heterocycles. The number of fused-ring (bicyclic) bond motifs is 1. The average Bonchev–Trinajstić information content (AvgIpc) is 3.11. The molecule has 3 N–H and O–H groups in total. The molecular weight excluding hydrogens is 344 g/mol. The number of aromatic amines is 1. The fourth-order valence-electron chi connectivity index (χ4n) is 2.81. The van der Waals surface area contributed by atoms with Gasteiger partial charge in [0.05, 0.1) is 17.7 Å². The molecule has 0 aliphatic heterocycles. The van der Waals surface area contributed by atoms with E-state index in [2.05, 4.69) is 26.7 Å². The van der Waals surface area contributed by atoms with Crippen molar-refractivity contribution < 1.29 is 14.3 Å². The molecule has 2 heterocycles. The quantitative estimate of drug-likeness (QED) is 0.531. The summed E-state index contributed by atoms with van der Waals surface area (Å²) in [5.41, 5.74) is 2.93. The number of pyridine rings is 1. The Labute approximate surface area is 157 Å². The first-order valence-electron chi connectivity index (χ1n) is 8.74. The van der Waals surface area contributed by atoms with Gasteiger partial charge in [0.15, 0.2) is 0 Å². The van der Waals surface area contributed by atoms with Gasteiger partial charge in [-0.1, -0.05) is 18.2 Å². The zero-order valence-electron chi connectivity index (χ0n) is 15.1. The van der Waals surface area contributed by atoms with Crippen molar-refractivity contribution in [1.82, 2.24) is 20.6 Å². The van der Waals surface area contributed by atoms with Gasteiger partial charge in [-0.25, -0.2) is 0 Å². The lowest BCUT2D eigenvalue weighted by molar-refractivity contribution is 0.0936. The number of hydrogen-bond donors (Lipinski definition) is 3. The SMILES string of the molecule is COCCNC(=O)c1cncc(C(=O)NCCc2c[nH]c3ccccc23)c1. The smallest absolute Gasteiger partial charge is 0.252 e. The van der Waals surface area contributed by atoms with Crippen molar-refractivity contribution in [2.75, 3.05) is 26.8 Å². The fraction of sp³-hybridized carbons (Fsp3) is 0.250. The Bertz CT molecular complexity index is 936. The molecule has 140 valence electrons. The molecule has 0 radical (unpaired) electrons. The van der Waals surface area contributed by atoms with Gasteiger partial charge in [0.1, 0.15) is 0 Å². The molecule has 0 aliphatic carbocycles. The highest BCUT2D eigenvalue weighted by molar-refractivity contribution is 5.99. The molecule has 7 heteroatoms. The monoisotopic (exact) mass is 366 g/mol. The number of rotatable bonds is 8. The van der Waals surface area contributed by atoms with Crippen LogP contribution in [-0.2, 0) is 11.2 Å². The number of benzene rings is 1. The maximum Gasteiger partial charge on any atom is 0.252 e. The third-order valence-electron chi connectivity index (χ3n) is 4.21. The fourth-order valence-corrected chi connectivity index (χ4v) is 2.81. The zero-order chi connectivity index (χ0) is 19.1. The first-order valence-corrected chi connectivity index (χ1v) is 8.74. The molecule has 0 spiro atoms. The van der Waals surface area contributed by atoms with Crippen LogP contribution in [0.2, 0.25) is 0 Å². The van der Waals surface area contributed by atoms with Gasteiger partial charge in [0.25, 0.3) is 11.8 Å². The first-order chi connectivity index (χ1) is 13.2. The first kappa shape index (κ1) is 18.6. The Kier molecular flexibility index (Phi) is 6.17. The van der Waals surface area contributed by atoms with Crippen LogP contribution in [0.1, 0.15) is 26.3 Å². The van der Waals surface area contributed by atoms with Crippen LogP contribution in [0, 0.1) is 0 Å². The molecule has 0 atom stereocenters. The summed E-state index contributed by atoms with van der Waals surface area (Å²) in [6, 6.07) is 9.59. The highest BCUT2D eigenvalue weighted by atomic mass is 16.5. The summed E-state index contributed by atoms with van der Waals surface area (Å²) in [7, 11) is 1.56. The van der Waals surface area contributed by atoms with E-state index in [0.717, 1.165) is 16.5 Å². The van der Waals surface area contributed by atoms with Crippen LogP contribution >= 0.6 is 0 Å². The summed E-state index contributed by atoms with van der Waals surface area (Å²) in [6.45, 7) is 1.31. The van der Waals surface area contributed by atoms with Crippen LogP contribution in [0.25, 0.3) is 10.9 Å². The molecule has 27 heavy (non-hydrogen) atoms. The van der Waals surface area contributed by atoms with Gasteiger partial charge in [-0.2, -0.15) is 0 Å². The molecule has 0 aliphatic rings. The van der Waals surface area contributed by atoms with Crippen LogP contribution < -0.4 is 10.6 Å². The molecular formula is C20H22N4O3. The number of ether oxygens (including phenoxy) is 1. The number of methoxy groups -OCH3 is 1. The summed E-state index contributed by atoms with van der Waals surface area (Å²) in [6.07, 6.45) is 5.56. The van der Waals surface area contributed by atoms with Crippen molar-refractivity contribution in [3.63, 3.8) is 0 Å². The maximum atomic E-state index is 12.4. The lowest BCUT2D eigenvalue weighted by atomic mass is 10.1. The van der Waals surface area contributed by atoms with Crippen LogP contribution in [0.4, 0.5) is 0 Å². The van der Waals surface area contributed by atoms with Crippen molar-refractivity contribution >= 4 is 22.7 Å². The van der Waals surface area contributed by atoms with Gasteiger partial charge in [-0.3, -0.25) is 14.6 Å². The third-order valence-corrected chi connectivity index (χ3v) is 4.21. The number of hydrogen-bond acceptors (Lipinski definition) is 4. The summed E-state index contributed by atoms with van der Waals surface area (Å²) in [5, 5.41) is 6.74. The van der Waals surface area contributed by atoms with E-state index in [1.165, 1.54) is 18.5 Å². The maximum absolute atomic E-state index is 12.4. The summed E-state index contributed by atoms with van der Waals surface area (Å²) in [4.78, 5) is 31.6. The number of nitrogens with one attached hydrogen (secondary N) is 3. The van der Waals surface area contributed by atoms with E-state index in [1.54, 1.807) is 7.11 Å². The van der Waals surface area contributed by atoms with Gasteiger partial charge in [0.2, 0.25) is 0 Å². The van der Waals surface area contributed by atoms with E-state index in [9.17, 15) is 9.59 Å². The summed E-state index contributed by atoms with van der Waals surface area (Å²) in [5.74, 6) is -0.540. The number of carbonyl (C=O) groups excluding carboxylic acids is 2. The highest BCUT2D eigenvalue weighted by Crippen LogP contribution is 2.17. The second kappa shape index (κ2) is 8.95. The largest absolute Gasteiger partial charge is 0.383 e. The van der Waals surface area contributed by atoms with Gasteiger partial charge >= 0.3 is 0 Å². The number of para-hydroxylation sites is 1. The molecule has 2 amide bonds. The summed E-state index contributed by atoms with van der Waals surface area (Å²) >= 11 is 0. The van der Waals surface area contributed by atoms with Crippen molar-refractivity contribution in [2.24, 2.45) is 0 Å². The van der Waals surface area contributed by atoms with Gasteiger partial charge in [-0.15, -0.1) is 0 Å². The Hall–Kier alpha value is -3.19. The Morgan fingerprint density at radius 1 is 1.07 bits per heavy atom. The normalized spacial score (nSPS) is 10.7. The third kappa shape index (κ3) is 4.71. The van der Waals surface area contributed by atoms with Gasteiger partial charge in [-0.05, 0) is 24.1 Å². The van der Waals surface area contributed by atoms with E-state index in [-0.39, 0.29) is 11.8 Å². The Morgan fingerprint density at radius 3 is 2.52 bits per heavy atom. The van der Waals surface area contributed by atoms with E-state index in [4.69, 9.17) is 4.74 Å². The number of amides is 2. The van der Waals surface area contributed by atoms with E-state index in [0.29, 0.717) is 37.2 Å². The lowest BCUT2D eigenvalue weighted by Gasteiger charge is -2.07. The number of carbonyl (C=O) groups is 2. The second-order valence-electron chi connectivity index (χ2n) is 6.08. The second-order valence-corrected chi connectivity index (χ2v) is 6.08. The molecule has 7 nitrogen and oxygen atoms in total. The number of H-pyrrole nitrogens is 1. The van der Waals surface area contributed by atoms with Crippen molar-refractivity contribution in [2.45, 2.75) is 6.42 Å². The minimum Gasteiger partial charge on any atom is -0.383 e. The van der Waals surface area contributed by atoms with Crippen LogP contribution in [0.15, 0.2) is 48.9 Å². The number of nitrogens with zero attached hydrogens (tertiary/aromatic N) is 1. The zero-order valence-corrected chi connectivity index (χ0v) is 15.1. The van der Waals surface area contributed by atoms with Gasteiger partial charge in [0, 0.05) is 49.7 Å². The van der Waals surface area contributed by atoms with Crippen molar-refractivity contribution in [1.29, 1.82) is 0 Å². The molecule has 3 rings (SSSR count). The average molecular weight is 366 g/mol. The topological polar surface area (TPSA) is 96.1 Å².